The van der Waals surface area contributed by atoms with Crippen LogP contribution in [-0.2, 0) is 14.6 Å². The van der Waals surface area contributed by atoms with Crippen molar-refractivity contribution in [2.45, 2.75) is 17.2 Å². The van der Waals surface area contributed by atoms with Crippen molar-refractivity contribution in [3.8, 4) is 0 Å². The standard InChI is InChI=1S/C20H17FN4O5S/c1-31(28,29)14-8-6-13(7-9-14)25-11-12(10-17(25)26)19-23-24-20(30-19)22-18(27)15-4-2-3-5-16(15)21/h2-9,12H,10-11H2,1H3,(H,22,24,27). The van der Waals surface area contributed by atoms with Gasteiger partial charge in [0, 0.05) is 24.9 Å². The van der Waals surface area contributed by atoms with E-state index in [9.17, 15) is 22.4 Å². The van der Waals surface area contributed by atoms with Crippen LogP contribution in [0.25, 0.3) is 0 Å². The van der Waals surface area contributed by atoms with Crippen LogP contribution in [-0.4, -0.2) is 43.2 Å². The second-order valence-corrected chi connectivity index (χ2v) is 9.07. The highest BCUT2D eigenvalue weighted by Crippen LogP contribution is 2.32. The predicted molar refractivity (Wildman–Crippen MR) is 108 cm³/mol. The van der Waals surface area contributed by atoms with Crippen LogP contribution in [0.15, 0.2) is 57.8 Å². The third-order valence-corrected chi connectivity index (χ3v) is 5.96. The van der Waals surface area contributed by atoms with Gasteiger partial charge in [-0.05, 0) is 36.4 Å². The van der Waals surface area contributed by atoms with Crippen LogP contribution in [0.2, 0.25) is 0 Å². The van der Waals surface area contributed by atoms with Crippen LogP contribution in [0.1, 0.15) is 28.6 Å². The first-order valence-electron chi connectivity index (χ1n) is 9.22. The number of benzene rings is 2. The van der Waals surface area contributed by atoms with E-state index in [4.69, 9.17) is 4.42 Å². The Balaban J connectivity index is 1.46. The summed E-state index contributed by atoms with van der Waals surface area (Å²) in [6.45, 7) is 0.250. The average molecular weight is 444 g/mol. The largest absolute Gasteiger partial charge is 0.407 e. The molecule has 1 aliphatic rings. The highest BCUT2D eigenvalue weighted by molar-refractivity contribution is 7.90. The number of carbonyl (C=O) groups is 2. The Morgan fingerprint density at radius 1 is 1.16 bits per heavy atom. The molecule has 0 radical (unpaired) electrons. The number of nitrogens with one attached hydrogen (secondary N) is 1. The smallest absolute Gasteiger partial charge is 0.322 e. The van der Waals surface area contributed by atoms with Gasteiger partial charge in [0.15, 0.2) is 9.84 Å². The van der Waals surface area contributed by atoms with Crippen molar-refractivity contribution in [1.29, 1.82) is 0 Å². The molecule has 1 saturated heterocycles. The van der Waals surface area contributed by atoms with E-state index in [-0.39, 0.29) is 41.2 Å². The molecule has 31 heavy (non-hydrogen) atoms. The third-order valence-electron chi connectivity index (χ3n) is 4.83. The number of sulfone groups is 1. The summed E-state index contributed by atoms with van der Waals surface area (Å²) in [5.41, 5.74) is 0.384. The van der Waals surface area contributed by atoms with Gasteiger partial charge in [-0.2, -0.15) is 0 Å². The lowest BCUT2D eigenvalue weighted by molar-refractivity contribution is -0.117. The maximum atomic E-state index is 13.7. The minimum absolute atomic E-state index is 0.108. The maximum absolute atomic E-state index is 13.7. The number of carbonyl (C=O) groups excluding carboxylic acids is 2. The summed E-state index contributed by atoms with van der Waals surface area (Å²) in [5.74, 6) is -1.85. The number of halogens is 1. The summed E-state index contributed by atoms with van der Waals surface area (Å²) < 4.78 is 42.4. The van der Waals surface area contributed by atoms with Gasteiger partial charge in [0.25, 0.3) is 5.91 Å². The number of anilines is 2. The van der Waals surface area contributed by atoms with E-state index in [2.05, 4.69) is 15.5 Å². The van der Waals surface area contributed by atoms with Gasteiger partial charge < -0.3 is 9.32 Å². The molecule has 2 aromatic carbocycles. The van der Waals surface area contributed by atoms with Gasteiger partial charge in [0.2, 0.25) is 11.8 Å². The van der Waals surface area contributed by atoms with Crippen molar-refractivity contribution < 1.29 is 26.8 Å². The Labute approximate surface area is 176 Å². The fraction of sp³-hybridized carbons (Fsp3) is 0.200. The van der Waals surface area contributed by atoms with Crippen LogP contribution in [0.3, 0.4) is 0 Å². The van der Waals surface area contributed by atoms with Crippen molar-refractivity contribution in [2.24, 2.45) is 0 Å². The Morgan fingerprint density at radius 3 is 2.55 bits per heavy atom. The molecule has 2 amide bonds. The summed E-state index contributed by atoms with van der Waals surface area (Å²) in [6, 6.07) is 11.3. The van der Waals surface area contributed by atoms with Crippen LogP contribution >= 0.6 is 0 Å². The topological polar surface area (TPSA) is 122 Å². The highest BCUT2D eigenvalue weighted by atomic mass is 32.2. The minimum atomic E-state index is -3.34. The number of nitrogens with zero attached hydrogens (tertiary/aromatic N) is 3. The average Bonchev–Trinajstić information content (AvgIpc) is 3.34. The maximum Gasteiger partial charge on any atom is 0.322 e. The normalized spacial score (nSPS) is 16.5. The van der Waals surface area contributed by atoms with Crippen LogP contribution < -0.4 is 10.2 Å². The van der Waals surface area contributed by atoms with Gasteiger partial charge in [-0.15, -0.1) is 5.10 Å². The zero-order valence-electron chi connectivity index (χ0n) is 16.3. The lowest BCUT2D eigenvalue weighted by Gasteiger charge is -2.16. The van der Waals surface area contributed by atoms with Crippen LogP contribution in [0.5, 0.6) is 0 Å². The van der Waals surface area contributed by atoms with Gasteiger partial charge >= 0.3 is 6.01 Å². The molecule has 0 aliphatic carbocycles. The number of hydrogen-bond donors (Lipinski definition) is 1. The van der Waals surface area contributed by atoms with Crippen LogP contribution in [0.4, 0.5) is 16.1 Å². The third kappa shape index (κ3) is 4.31. The minimum Gasteiger partial charge on any atom is -0.407 e. The van der Waals surface area contributed by atoms with Crippen molar-refractivity contribution >= 4 is 33.4 Å². The first kappa shape index (κ1) is 20.7. The summed E-state index contributed by atoms with van der Waals surface area (Å²) >= 11 is 0. The van der Waals surface area contributed by atoms with Crippen molar-refractivity contribution in [2.75, 3.05) is 23.0 Å². The van der Waals surface area contributed by atoms with E-state index in [0.717, 1.165) is 12.3 Å². The molecule has 3 aromatic rings. The van der Waals surface area contributed by atoms with Crippen molar-refractivity contribution in [1.82, 2.24) is 10.2 Å². The summed E-state index contributed by atoms with van der Waals surface area (Å²) in [7, 11) is -3.34. The van der Waals surface area contributed by atoms with E-state index >= 15 is 0 Å². The number of hydrogen-bond acceptors (Lipinski definition) is 7. The number of rotatable bonds is 5. The Hall–Kier alpha value is -3.60. The second kappa shape index (κ2) is 7.91. The van der Waals surface area contributed by atoms with Crippen molar-refractivity contribution in [3.63, 3.8) is 0 Å². The molecule has 0 spiro atoms. The first-order valence-corrected chi connectivity index (χ1v) is 11.1. The molecular formula is C20H17FN4O5S. The second-order valence-electron chi connectivity index (χ2n) is 7.05. The molecule has 0 saturated carbocycles. The fourth-order valence-electron chi connectivity index (χ4n) is 3.26. The van der Waals surface area contributed by atoms with E-state index in [1.807, 2.05) is 0 Å². The van der Waals surface area contributed by atoms with E-state index in [0.29, 0.717) is 5.69 Å². The quantitative estimate of drug-likeness (QED) is 0.641. The first-order chi connectivity index (χ1) is 14.7. The van der Waals surface area contributed by atoms with Gasteiger partial charge in [0.1, 0.15) is 5.82 Å². The van der Waals surface area contributed by atoms with Crippen LogP contribution in [0, 0.1) is 5.82 Å². The Bertz CT molecular complexity index is 1260. The molecule has 1 unspecified atom stereocenters. The van der Waals surface area contributed by atoms with E-state index < -0.39 is 27.5 Å². The van der Waals surface area contributed by atoms with E-state index in [1.54, 1.807) is 12.1 Å². The molecule has 4 rings (SSSR count). The molecular weight excluding hydrogens is 427 g/mol. The van der Waals surface area contributed by atoms with Gasteiger partial charge in [-0.1, -0.05) is 17.2 Å². The summed E-state index contributed by atoms with van der Waals surface area (Å²) in [6.07, 6.45) is 1.22. The highest BCUT2D eigenvalue weighted by Gasteiger charge is 2.35. The monoisotopic (exact) mass is 444 g/mol. The number of amides is 2. The molecule has 1 aliphatic heterocycles. The molecule has 160 valence electrons. The SMILES string of the molecule is CS(=O)(=O)c1ccc(N2CC(c3nnc(NC(=O)c4ccccc4F)o3)CC2=O)cc1. The molecule has 1 N–H and O–H groups in total. The van der Waals surface area contributed by atoms with Gasteiger partial charge in [-0.25, -0.2) is 12.8 Å². The molecule has 1 aromatic heterocycles. The fourth-order valence-corrected chi connectivity index (χ4v) is 3.89. The van der Waals surface area contributed by atoms with E-state index in [1.165, 1.54) is 35.2 Å². The van der Waals surface area contributed by atoms with Crippen molar-refractivity contribution in [3.05, 3.63) is 65.8 Å². The molecule has 11 heteroatoms. The zero-order chi connectivity index (χ0) is 22.2. The lowest BCUT2D eigenvalue weighted by Crippen LogP contribution is -2.24. The summed E-state index contributed by atoms with van der Waals surface area (Å²) in [5, 5.41) is 9.99. The number of aromatic nitrogens is 2. The molecule has 1 fully saturated rings. The Kier molecular flexibility index (Phi) is 5.27. The lowest BCUT2D eigenvalue weighted by atomic mass is 10.1. The van der Waals surface area contributed by atoms with Gasteiger partial charge in [0.05, 0.1) is 16.4 Å². The molecule has 2 heterocycles. The predicted octanol–water partition coefficient (Wildman–Crippen LogP) is 2.39. The zero-order valence-corrected chi connectivity index (χ0v) is 17.1. The molecule has 1 atom stereocenters. The summed E-state index contributed by atoms with van der Waals surface area (Å²) in [4.78, 5) is 26.3. The molecule has 0 bridgehead atoms. The Morgan fingerprint density at radius 2 is 1.87 bits per heavy atom. The molecule has 9 nitrogen and oxygen atoms in total. The van der Waals surface area contributed by atoms with Gasteiger partial charge in [-0.3, -0.25) is 14.9 Å².